The van der Waals surface area contributed by atoms with Crippen LogP contribution in [-0.4, -0.2) is 16.9 Å². The normalized spacial score (nSPS) is 10.9. The van der Waals surface area contributed by atoms with Crippen LogP contribution in [0.2, 0.25) is 0 Å². The average Bonchev–Trinajstić information content (AvgIpc) is 2.43. The van der Waals surface area contributed by atoms with Crippen LogP contribution in [-0.2, 0) is 6.54 Å². The number of hydrogen-bond donors (Lipinski definition) is 1. The predicted molar refractivity (Wildman–Crippen MR) is 84.5 cm³/mol. The second-order valence-electron chi connectivity index (χ2n) is 5.55. The summed E-state index contributed by atoms with van der Waals surface area (Å²) in [5.41, 5.74) is 8.43. The third-order valence-electron chi connectivity index (χ3n) is 3.23. The van der Waals surface area contributed by atoms with E-state index < -0.39 is 0 Å². The molecule has 2 N–H and O–H groups in total. The molecule has 2 rings (SSSR count). The van der Waals surface area contributed by atoms with Crippen molar-refractivity contribution in [3.05, 3.63) is 40.2 Å². The Labute approximate surface area is 124 Å². The Morgan fingerprint density at radius 2 is 2.05 bits per heavy atom. The Balaban J connectivity index is 2.51. The molecule has 0 saturated heterocycles. The summed E-state index contributed by atoms with van der Waals surface area (Å²) in [4.78, 5) is 12.0. The van der Waals surface area contributed by atoms with Gasteiger partial charge in [-0.2, -0.15) is 5.10 Å². The molecule has 0 aliphatic heterocycles. The predicted octanol–water partition coefficient (Wildman–Crippen LogP) is 2.47. The number of methoxy groups -OCH3 is 1. The van der Waals surface area contributed by atoms with Crippen LogP contribution in [0.15, 0.2) is 29.1 Å². The topological polar surface area (TPSA) is 70.1 Å². The molecule has 0 radical (unpaired) electrons. The first-order chi connectivity index (χ1) is 9.92. The molecule has 1 aromatic heterocycles. The lowest BCUT2D eigenvalue weighted by Crippen LogP contribution is -2.27. The zero-order valence-electron chi connectivity index (χ0n) is 12.9. The quantitative estimate of drug-likeness (QED) is 0.937. The molecule has 0 amide bonds. The molecule has 0 atom stereocenters. The minimum Gasteiger partial charge on any atom is -0.496 e. The smallest absolute Gasteiger partial charge is 0.289 e. The number of nitrogens with two attached hydrogens (primary N) is 1. The summed E-state index contributed by atoms with van der Waals surface area (Å²) in [6.07, 6.45) is 0. The Morgan fingerprint density at radius 1 is 1.33 bits per heavy atom. The van der Waals surface area contributed by atoms with Gasteiger partial charge in [-0.15, -0.1) is 0 Å². The van der Waals surface area contributed by atoms with Crippen LogP contribution in [0, 0.1) is 12.8 Å². The fourth-order valence-electron chi connectivity index (χ4n) is 2.21. The number of rotatable bonds is 4. The molecule has 0 aliphatic rings. The largest absolute Gasteiger partial charge is 0.496 e. The molecule has 112 valence electrons. The third kappa shape index (κ3) is 3.24. The summed E-state index contributed by atoms with van der Waals surface area (Å²) in [5, 5.41) is 4.42. The Morgan fingerprint density at radius 3 is 2.62 bits per heavy atom. The monoisotopic (exact) mass is 287 g/mol. The molecule has 0 fully saturated rings. The zero-order valence-corrected chi connectivity index (χ0v) is 12.9. The van der Waals surface area contributed by atoms with Gasteiger partial charge < -0.3 is 10.5 Å². The van der Waals surface area contributed by atoms with Gasteiger partial charge in [-0.25, -0.2) is 4.68 Å². The highest BCUT2D eigenvalue weighted by molar-refractivity contribution is 5.64. The van der Waals surface area contributed by atoms with E-state index in [1.54, 1.807) is 13.2 Å². The van der Waals surface area contributed by atoms with Crippen molar-refractivity contribution in [1.29, 1.82) is 0 Å². The summed E-state index contributed by atoms with van der Waals surface area (Å²) in [6, 6.07) is 7.41. The van der Waals surface area contributed by atoms with Crippen LogP contribution in [0.3, 0.4) is 0 Å². The zero-order chi connectivity index (χ0) is 15.6. The first kappa shape index (κ1) is 15.1. The Kier molecular flexibility index (Phi) is 4.31. The lowest BCUT2D eigenvalue weighted by Gasteiger charge is -2.12. The number of benzene rings is 1. The van der Waals surface area contributed by atoms with Crippen LogP contribution < -0.4 is 16.0 Å². The van der Waals surface area contributed by atoms with Crippen LogP contribution >= 0.6 is 0 Å². The molecular formula is C16H21N3O2. The highest BCUT2D eigenvalue weighted by Crippen LogP contribution is 2.25. The van der Waals surface area contributed by atoms with Gasteiger partial charge in [-0.1, -0.05) is 13.8 Å². The van der Waals surface area contributed by atoms with E-state index in [9.17, 15) is 4.79 Å². The number of nitrogen functional groups attached to an aromatic ring is 1. The van der Waals surface area contributed by atoms with E-state index in [1.807, 2.05) is 39.0 Å². The molecule has 1 heterocycles. The summed E-state index contributed by atoms with van der Waals surface area (Å²) >= 11 is 0. The number of anilines is 1. The van der Waals surface area contributed by atoms with E-state index >= 15 is 0 Å². The van der Waals surface area contributed by atoms with Crippen molar-refractivity contribution < 1.29 is 4.74 Å². The minimum absolute atomic E-state index is 0.217. The summed E-state index contributed by atoms with van der Waals surface area (Å²) < 4.78 is 6.69. The van der Waals surface area contributed by atoms with E-state index in [0.29, 0.717) is 18.2 Å². The van der Waals surface area contributed by atoms with Crippen molar-refractivity contribution in [3.63, 3.8) is 0 Å². The van der Waals surface area contributed by atoms with Gasteiger partial charge in [0.25, 0.3) is 5.56 Å². The SMILES string of the molecule is COc1ccc(-c2cc(N)c(=O)n(CC(C)C)n2)cc1C. The number of ether oxygens (including phenoxy) is 1. The van der Waals surface area contributed by atoms with Crippen LogP contribution in [0.25, 0.3) is 11.3 Å². The average molecular weight is 287 g/mol. The maximum absolute atomic E-state index is 12.0. The standard InChI is InChI=1S/C16H21N3O2/c1-10(2)9-19-16(20)13(17)8-14(18-19)12-5-6-15(21-4)11(3)7-12/h5-8,10H,9,17H2,1-4H3. The van der Waals surface area contributed by atoms with Crippen molar-refractivity contribution in [2.45, 2.75) is 27.3 Å². The van der Waals surface area contributed by atoms with Crippen molar-refractivity contribution >= 4 is 5.69 Å². The summed E-state index contributed by atoms with van der Waals surface area (Å²) in [6.45, 7) is 6.59. The molecule has 21 heavy (non-hydrogen) atoms. The fraction of sp³-hybridized carbons (Fsp3) is 0.375. The van der Waals surface area contributed by atoms with Gasteiger partial charge in [-0.3, -0.25) is 4.79 Å². The minimum atomic E-state index is -0.238. The van der Waals surface area contributed by atoms with Gasteiger partial charge in [0.05, 0.1) is 12.8 Å². The van der Waals surface area contributed by atoms with Gasteiger partial charge in [0.15, 0.2) is 0 Å². The highest BCUT2D eigenvalue weighted by atomic mass is 16.5. The third-order valence-corrected chi connectivity index (χ3v) is 3.23. The summed E-state index contributed by atoms with van der Waals surface area (Å²) in [7, 11) is 1.64. The van der Waals surface area contributed by atoms with Crippen LogP contribution in [0.5, 0.6) is 5.75 Å². The molecule has 0 saturated carbocycles. The van der Waals surface area contributed by atoms with Crippen molar-refractivity contribution in [2.75, 3.05) is 12.8 Å². The number of aryl methyl sites for hydroxylation is 1. The van der Waals surface area contributed by atoms with Crippen molar-refractivity contribution in [3.8, 4) is 17.0 Å². The Bertz CT molecular complexity index is 705. The molecule has 5 nitrogen and oxygen atoms in total. The highest BCUT2D eigenvalue weighted by Gasteiger charge is 2.10. The lowest BCUT2D eigenvalue weighted by molar-refractivity contribution is 0.412. The fourth-order valence-corrected chi connectivity index (χ4v) is 2.21. The molecule has 0 unspecified atom stereocenters. The molecule has 1 aromatic carbocycles. The first-order valence-electron chi connectivity index (χ1n) is 6.95. The van der Waals surface area contributed by atoms with Crippen LogP contribution in [0.4, 0.5) is 5.69 Å². The second kappa shape index (κ2) is 5.99. The van der Waals surface area contributed by atoms with E-state index in [0.717, 1.165) is 16.9 Å². The molecular weight excluding hydrogens is 266 g/mol. The van der Waals surface area contributed by atoms with Gasteiger partial charge in [0.1, 0.15) is 11.4 Å². The summed E-state index contributed by atoms with van der Waals surface area (Å²) in [5.74, 6) is 1.14. The van der Waals surface area contributed by atoms with Gasteiger partial charge in [-0.05, 0) is 42.7 Å². The van der Waals surface area contributed by atoms with E-state index in [-0.39, 0.29) is 11.2 Å². The number of hydrogen-bond acceptors (Lipinski definition) is 4. The Hall–Kier alpha value is -2.30. The molecule has 2 aromatic rings. The second-order valence-corrected chi connectivity index (χ2v) is 5.55. The van der Waals surface area contributed by atoms with Gasteiger partial charge in [0, 0.05) is 12.1 Å². The van der Waals surface area contributed by atoms with Crippen LogP contribution in [0.1, 0.15) is 19.4 Å². The van der Waals surface area contributed by atoms with E-state index in [1.165, 1.54) is 4.68 Å². The molecule has 5 heteroatoms. The first-order valence-corrected chi connectivity index (χ1v) is 6.95. The van der Waals surface area contributed by atoms with Gasteiger partial charge in [0.2, 0.25) is 0 Å². The van der Waals surface area contributed by atoms with E-state index in [2.05, 4.69) is 5.10 Å². The van der Waals surface area contributed by atoms with Gasteiger partial charge >= 0.3 is 0 Å². The maximum atomic E-state index is 12.0. The number of nitrogens with zero attached hydrogens (tertiary/aromatic N) is 2. The van der Waals surface area contributed by atoms with E-state index in [4.69, 9.17) is 10.5 Å². The molecule has 0 bridgehead atoms. The van der Waals surface area contributed by atoms with Crippen molar-refractivity contribution in [2.24, 2.45) is 5.92 Å². The molecule has 0 aliphatic carbocycles. The molecule has 0 spiro atoms. The lowest BCUT2D eigenvalue weighted by atomic mass is 10.1. The van der Waals surface area contributed by atoms with Crippen molar-refractivity contribution in [1.82, 2.24) is 9.78 Å². The maximum Gasteiger partial charge on any atom is 0.289 e. The number of aromatic nitrogens is 2.